The number of hydrogen-bond donors (Lipinski definition) is 1. The number of anilines is 1. The van der Waals surface area contributed by atoms with Crippen molar-refractivity contribution in [2.75, 3.05) is 18.5 Å². The van der Waals surface area contributed by atoms with Crippen molar-refractivity contribution in [1.29, 1.82) is 0 Å². The zero-order valence-electron chi connectivity index (χ0n) is 16.9. The minimum absolute atomic E-state index is 0.101. The van der Waals surface area contributed by atoms with Gasteiger partial charge in [-0.15, -0.1) is 11.3 Å². The van der Waals surface area contributed by atoms with Crippen molar-refractivity contribution in [3.05, 3.63) is 75.2 Å². The Morgan fingerprint density at radius 1 is 1.16 bits per heavy atom. The standard InChI is InChI=1S/C22H20N2O6S/c1-3-29-22(26)20-18(15-7-5-8-16(11-15)24(27)28)13-31-21(20)23-19(25)12-30-17-9-4-6-14(2)10-17/h4-11,13H,3,12H2,1-2H3,(H,23,25). The van der Waals surface area contributed by atoms with E-state index >= 15 is 0 Å². The number of carbonyl (C=O) groups is 2. The van der Waals surface area contributed by atoms with E-state index in [2.05, 4.69) is 5.32 Å². The van der Waals surface area contributed by atoms with Gasteiger partial charge in [0, 0.05) is 23.1 Å². The fourth-order valence-electron chi connectivity index (χ4n) is 2.87. The third kappa shape index (κ3) is 5.46. The predicted molar refractivity (Wildman–Crippen MR) is 118 cm³/mol. The maximum atomic E-state index is 12.6. The maximum absolute atomic E-state index is 12.6. The Labute approximate surface area is 182 Å². The highest BCUT2D eigenvalue weighted by Gasteiger charge is 2.23. The summed E-state index contributed by atoms with van der Waals surface area (Å²) >= 11 is 1.13. The zero-order chi connectivity index (χ0) is 22.4. The van der Waals surface area contributed by atoms with Crippen LogP contribution in [0.4, 0.5) is 10.7 Å². The van der Waals surface area contributed by atoms with Crippen LogP contribution in [0.2, 0.25) is 0 Å². The van der Waals surface area contributed by atoms with Crippen molar-refractivity contribution in [3.8, 4) is 16.9 Å². The average molecular weight is 440 g/mol. The number of benzene rings is 2. The first-order chi connectivity index (χ1) is 14.9. The molecule has 1 heterocycles. The van der Waals surface area contributed by atoms with Crippen LogP contribution in [-0.4, -0.2) is 30.0 Å². The van der Waals surface area contributed by atoms with Crippen molar-refractivity contribution < 1.29 is 24.0 Å². The highest BCUT2D eigenvalue weighted by atomic mass is 32.1. The zero-order valence-corrected chi connectivity index (χ0v) is 17.7. The molecule has 1 amide bonds. The summed E-state index contributed by atoms with van der Waals surface area (Å²) in [6.45, 7) is 3.49. The van der Waals surface area contributed by atoms with Gasteiger partial charge in [0.15, 0.2) is 6.61 Å². The summed E-state index contributed by atoms with van der Waals surface area (Å²) in [6.07, 6.45) is 0. The second-order valence-corrected chi connectivity index (χ2v) is 7.41. The molecule has 2 aromatic carbocycles. The van der Waals surface area contributed by atoms with Gasteiger partial charge in [-0.1, -0.05) is 24.3 Å². The minimum Gasteiger partial charge on any atom is -0.484 e. The first kappa shape index (κ1) is 22.0. The van der Waals surface area contributed by atoms with Crippen LogP contribution in [-0.2, 0) is 9.53 Å². The molecule has 0 aliphatic rings. The first-order valence-corrected chi connectivity index (χ1v) is 10.3. The van der Waals surface area contributed by atoms with Crippen molar-refractivity contribution in [2.24, 2.45) is 0 Å². The SMILES string of the molecule is CCOC(=O)c1c(-c2cccc([N+](=O)[O-])c2)csc1NC(=O)COc1cccc(C)c1. The van der Waals surface area contributed by atoms with Gasteiger partial charge in [-0.05, 0) is 37.1 Å². The monoisotopic (exact) mass is 440 g/mol. The number of esters is 1. The fourth-order valence-corrected chi connectivity index (χ4v) is 3.85. The molecule has 0 spiro atoms. The second kappa shape index (κ2) is 9.86. The van der Waals surface area contributed by atoms with Gasteiger partial charge in [-0.25, -0.2) is 4.79 Å². The first-order valence-electron chi connectivity index (χ1n) is 9.41. The van der Waals surface area contributed by atoms with Gasteiger partial charge in [-0.3, -0.25) is 14.9 Å². The Bertz CT molecular complexity index is 1120. The Kier molecular flexibility index (Phi) is 6.99. The van der Waals surface area contributed by atoms with E-state index in [0.717, 1.165) is 16.9 Å². The molecule has 8 nitrogen and oxygen atoms in total. The van der Waals surface area contributed by atoms with Crippen molar-refractivity contribution in [3.63, 3.8) is 0 Å². The molecular weight excluding hydrogens is 420 g/mol. The summed E-state index contributed by atoms with van der Waals surface area (Å²) in [5.41, 5.74) is 1.97. The number of carbonyl (C=O) groups excluding carboxylic acids is 2. The van der Waals surface area contributed by atoms with E-state index in [0.29, 0.717) is 16.9 Å². The summed E-state index contributed by atoms with van der Waals surface area (Å²) in [5.74, 6) is -0.510. The van der Waals surface area contributed by atoms with Crippen LogP contribution in [0.15, 0.2) is 53.9 Å². The third-order valence-electron chi connectivity index (χ3n) is 4.25. The number of amides is 1. The van der Waals surface area contributed by atoms with Crippen LogP contribution >= 0.6 is 11.3 Å². The number of rotatable bonds is 8. The molecule has 0 fully saturated rings. The van der Waals surface area contributed by atoms with E-state index in [-0.39, 0.29) is 29.5 Å². The Balaban J connectivity index is 1.84. The largest absolute Gasteiger partial charge is 0.484 e. The highest BCUT2D eigenvalue weighted by Crippen LogP contribution is 2.37. The van der Waals surface area contributed by atoms with Gasteiger partial charge in [0.05, 0.1) is 11.5 Å². The number of aryl methyl sites for hydroxylation is 1. The van der Waals surface area contributed by atoms with Gasteiger partial charge >= 0.3 is 5.97 Å². The highest BCUT2D eigenvalue weighted by molar-refractivity contribution is 7.15. The lowest BCUT2D eigenvalue weighted by Gasteiger charge is -2.10. The molecule has 3 rings (SSSR count). The number of nitro groups is 1. The summed E-state index contributed by atoms with van der Waals surface area (Å²) in [4.78, 5) is 35.6. The Morgan fingerprint density at radius 2 is 1.94 bits per heavy atom. The molecule has 0 saturated heterocycles. The van der Waals surface area contributed by atoms with E-state index in [4.69, 9.17) is 9.47 Å². The van der Waals surface area contributed by atoms with Gasteiger partial charge in [0.2, 0.25) is 0 Å². The van der Waals surface area contributed by atoms with Crippen molar-refractivity contribution in [2.45, 2.75) is 13.8 Å². The lowest BCUT2D eigenvalue weighted by Crippen LogP contribution is -2.21. The van der Waals surface area contributed by atoms with Gasteiger partial charge in [-0.2, -0.15) is 0 Å². The van der Waals surface area contributed by atoms with Crippen molar-refractivity contribution in [1.82, 2.24) is 0 Å². The molecule has 9 heteroatoms. The van der Waals surface area contributed by atoms with Crippen LogP contribution in [0, 0.1) is 17.0 Å². The summed E-state index contributed by atoms with van der Waals surface area (Å²) in [6, 6.07) is 13.2. The van der Waals surface area contributed by atoms with Gasteiger partial charge < -0.3 is 14.8 Å². The number of hydrogen-bond acceptors (Lipinski definition) is 7. The molecule has 160 valence electrons. The van der Waals surface area contributed by atoms with E-state index in [1.54, 1.807) is 24.4 Å². The quantitative estimate of drug-likeness (QED) is 0.305. The number of thiophene rings is 1. The maximum Gasteiger partial charge on any atom is 0.341 e. The molecule has 0 unspecified atom stereocenters. The summed E-state index contributed by atoms with van der Waals surface area (Å²) in [5, 5.41) is 15.7. The summed E-state index contributed by atoms with van der Waals surface area (Å²) < 4.78 is 10.6. The average Bonchev–Trinajstić information content (AvgIpc) is 3.16. The molecule has 1 aromatic heterocycles. The number of nitrogens with zero attached hydrogens (tertiary/aromatic N) is 1. The molecule has 0 bridgehead atoms. The molecule has 0 saturated carbocycles. The van der Waals surface area contributed by atoms with Gasteiger partial charge in [0.25, 0.3) is 11.6 Å². The predicted octanol–water partition coefficient (Wildman–Crippen LogP) is 4.83. The van der Waals surface area contributed by atoms with E-state index in [1.807, 2.05) is 25.1 Å². The third-order valence-corrected chi connectivity index (χ3v) is 5.15. The normalized spacial score (nSPS) is 10.4. The lowest BCUT2D eigenvalue weighted by atomic mass is 10.0. The Hall–Kier alpha value is -3.72. The molecule has 0 atom stereocenters. The molecule has 31 heavy (non-hydrogen) atoms. The van der Waals surface area contributed by atoms with E-state index in [1.165, 1.54) is 18.2 Å². The van der Waals surface area contributed by atoms with Crippen LogP contribution in [0.1, 0.15) is 22.8 Å². The summed E-state index contributed by atoms with van der Waals surface area (Å²) in [7, 11) is 0. The lowest BCUT2D eigenvalue weighted by molar-refractivity contribution is -0.384. The number of nitrogens with one attached hydrogen (secondary N) is 1. The number of ether oxygens (including phenoxy) is 2. The number of non-ortho nitro benzene ring substituents is 1. The molecule has 1 N–H and O–H groups in total. The molecule has 0 aliphatic carbocycles. The van der Waals surface area contributed by atoms with Crippen LogP contribution < -0.4 is 10.1 Å². The topological polar surface area (TPSA) is 108 Å². The van der Waals surface area contributed by atoms with Crippen molar-refractivity contribution >= 4 is 33.9 Å². The molecule has 0 aliphatic heterocycles. The van der Waals surface area contributed by atoms with Crippen LogP contribution in [0.5, 0.6) is 5.75 Å². The van der Waals surface area contributed by atoms with E-state index in [9.17, 15) is 19.7 Å². The minimum atomic E-state index is -0.625. The Morgan fingerprint density at radius 3 is 2.65 bits per heavy atom. The fraction of sp³-hybridized carbons (Fsp3) is 0.182. The van der Waals surface area contributed by atoms with Crippen LogP contribution in [0.25, 0.3) is 11.1 Å². The van der Waals surface area contributed by atoms with Crippen LogP contribution in [0.3, 0.4) is 0 Å². The van der Waals surface area contributed by atoms with E-state index < -0.39 is 16.8 Å². The molecular formula is C22H20N2O6S. The molecule has 3 aromatic rings. The van der Waals surface area contributed by atoms with Gasteiger partial charge in [0.1, 0.15) is 16.3 Å². The number of nitro benzene ring substituents is 1. The molecule has 0 radical (unpaired) electrons. The smallest absolute Gasteiger partial charge is 0.341 e. The second-order valence-electron chi connectivity index (χ2n) is 6.53.